The van der Waals surface area contributed by atoms with Crippen molar-refractivity contribution in [1.29, 1.82) is 0 Å². The third kappa shape index (κ3) is 3.08. The first kappa shape index (κ1) is 13.3. The summed E-state index contributed by atoms with van der Waals surface area (Å²) in [4.78, 5) is 27.3. The fourth-order valence-electron chi connectivity index (χ4n) is 1.45. The summed E-state index contributed by atoms with van der Waals surface area (Å²) in [6, 6.07) is 0.486. The second-order valence-corrected chi connectivity index (χ2v) is 3.82. The van der Waals surface area contributed by atoms with Gasteiger partial charge in [-0.15, -0.1) is 6.42 Å². The van der Waals surface area contributed by atoms with E-state index >= 15 is 0 Å². The minimum Gasteiger partial charge on any atom is -0.343 e. The number of hydrogen-bond acceptors (Lipinski definition) is 3. The fraction of sp³-hybridized carbons (Fsp3) is 0.364. The molecule has 90 valence electrons. The van der Waals surface area contributed by atoms with E-state index in [2.05, 4.69) is 16.2 Å². The Morgan fingerprint density at radius 1 is 1.76 bits per heavy atom. The average Bonchev–Trinajstić information content (AvgIpc) is 2.24. The van der Waals surface area contributed by atoms with Gasteiger partial charge in [-0.1, -0.05) is 17.5 Å². The van der Waals surface area contributed by atoms with E-state index in [1.807, 2.05) is 0 Å². The molecule has 0 aliphatic carbocycles. The van der Waals surface area contributed by atoms with Crippen molar-refractivity contribution in [3.8, 4) is 12.3 Å². The topological polar surface area (TPSA) is 64.0 Å². The molecule has 17 heavy (non-hydrogen) atoms. The number of carbonyl (C=O) groups is 1. The first-order valence-electron chi connectivity index (χ1n) is 4.94. The monoisotopic (exact) mass is 253 g/mol. The highest BCUT2D eigenvalue weighted by molar-refractivity contribution is 6.29. The van der Waals surface area contributed by atoms with Crippen LogP contribution in [0.25, 0.3) is 0 Å². The van der Waals surface area contributed by atoms with Crippen molar-refractivity contribution in [2.24, 2.45) is 0 Å². The number of terminal acetylenes is 1. The second kappa shape index (κ2) is 5.51. The van der Waals surface area contributed by atoms with E-state index in [1.54, 1.807) is 13.8 Å². The number of amides is 1. The number of nitrogens with zero attached hydrogens (tertiary/aromatic N) is 2. The van der Waals surface area contributed by atoms with Gasteiger partial charge in [0, 0.05) is 6.07 Å². The van der Waals surface area contributed by atoms with Crippen LogP contribution in [0.1, 0.15) is 18.8 Å². The molecule has 1 rings (SSSR count). The normalized spacial score (nSPS) is 11.6. The smallest absolute Gasteiger partial charge is 0.255 e. The van der Waals surface area contributed by atoms with Crippen LogP contribution >= 0.6 is 11.6 Å². The molecule has 0 bridgehead atoms. The van der Waals surface area contributed by atoms with Crippen molar-refractivity contribution in [3.63, 3.8) is 0 Å². The summed E-state index contributed by atoms with van der Waals surface area (Å²) >= 11 is 5.64. The molecule has 1 atom stereocenters. The molecule has 0 aromatic carbocycles. The zero-order valence-corrected chi connectivity index (χ0v) is 10.3. The van der Waals surface area contributed by atoms with E-state index in [0.717, 1.165) is 0 Å². The molecule has 0 fully saturated rings. The molecule has 0 aliphatic heterocycles. The second-order valence-electron chi connectivity index (χ2n) is 3.43. The molecule has 1 unspecified atom stereocenters. The Labute approximate surface area is 104 Å². The lowest BCUT2D eigenvalue weighted by Crippen LogP contribution is -2.37. The van der Waals surface area contributed by atoms with Gasteiger partial charge >= 0.3 is 0 Å². The zero-order chi connectivity index (χ0) is 13.0. The molecule has 1 N–H and O–H groups in total. The maximum atomic E-state index is 11.7. The molecule has 0 radical (unpaired) electrons. The van der Waals surface area contributed by atoms with Crippen molar-refractivity contribution >= 4 is 17.5 Å². The minimum absolute atomic E-state index is 0.111. The van der Waals surface area contributed by atoms with Gasteiger partial charge < -0.3 is 5.32 Å². The van der Waals surface area contributed by atoms with Gasteiger partial charge in [0.05, 0.1) is 6.54 Å². The Bertz CT molecular complexity index is 530. The van der Waals surface area contributed by atoms with E-state index in [-0.39, 0.29) is 23.2 Å². The van der Waals surface area contributed by atoms with E-state index in [0.29, 0.717) is 5.82 Å². The van der Waals surface area contributed by atoms with Gasteiger partial charge in [-0.05, 0) is 13.8 Å². The maximum absolute atomic E-state index is 11.7. The summed E-state index contributed by atoms with van der Waals surface area (Å²) in [7, 11) is 0. The van der Waals surface area contributed by atoms with Gasteiger partial charge in [-0.3, -0.25) is 14.2 Å². The van der Waals surface area contributed by atoms with E-state index in [4.69, 9.17) is 18.0 Å². The number of nitrogens with one attached hydrogen (secondary N) is 1. The number of halogens is 1. The van der Waals surface area contributed by atoms with Crippen LogP contribution in [0.15, 0.2) is 10.9 Å². The molecule has 0 saturated heterocycles. The molecule has 0 saturated carbocycles. The van der Waals surface area contributed by atoms with Crippen LogP contribution in [0, 0.1) is 19.3 Å². The summed E-state index contributed by atoms with van der Waals surface area (Å²) in [6.45, 7) is 3.33. The molecule has 0 spiro atoms. The van der Waals surface area contributed by atoms with Gasteiger partial charge in [-0.2, -0.15) is 0 Å². The molecular weight excluding hydrogens is 242 g/mol. The Morgan fingerprint density at radius 2 is 2.41 bits per heavy atom. The van der Waals surface area contributed by atoms with Crippen LogP contribution in [0.4, 0.5) is 0 Å². The summed E-state index contributed by atoms with van der Waals surface area (Å²) in [5, 5.41) is 2.62. The Kier molecular flexibility index (Phi) is 4.30. The number of rotatable bonds is 3. The van der Waals surface area contributed by atoms with Gasteiger partial charge in [0.2, 0.25) is 5.91 Å². The van der Waals surface area contributed by atoms with Crippen LogP contribution in [-0.2, 0) is 4.79 Å². The SMILES string of the molecule is C#CCNC(=O)C(C)n1c(C)nc(Cl)cc1=O. The molecule has 0 aliphatic rings. The third-order valence-corrected chi connectivity index (χ3v) is 2.42. The Hall–Kier alpha value is -1.80. The van der Waals surface area contributed by atoms with Gasteiger partial charge in [0.15, 0.2) is 0 Å². The van der Waals surface area contributed by atoms with Gasteiger partial charge in [-0.25, -0.2) is 4.98 Å². The Balaban J connectivity index is 3.05. The lowest BCUT2D eigenvalue weighted by Gasteiger charge is -2.16. The molecule has 1 aromatic heterocycles. The third-order valence-electron chi connectivity index (χ3n) is 2.23. The van der Waals surface area contributed by atoms with E-state index < -0.39 is 6.04 Å². The van der Waals surface area contributed by atoms with Crippen LogP contribution < -0.4 is 10.9 Å². The maximum Gasteiger partial charge on any atom is 0.255 e. The predicted octanol–water partition coefficient (Wildman–Crippen LogP) is 0.516. The first-order chi connectivity index (χ1) is 7.97. The highest BCUT2D eigenvalue weighted by Crippen LogP contribution is 2.08. The molecular formula is C11H12ClN3O2. The zero-order valence-electron chi connectivity index (χ0n) is 9.53. The summed E-state index contributed by atoms with van der Waals surface area (Å²) in [6.07, 6.45) is 5.03. The highest BCUT2D eigenvalue weighted by atomic mass is 35.5. The van der Waals surface area contributed by atoms with Crippen molar-refractivity contribution in [2.45, 2.75) is 19.9 Å². The number of aromatic nitrogens is 2. The first-order valence-corrected chi connectivity index (χ1v) is 5.32. The number of hydrogen-bond donors (Lipinski definition) is 1. The van der Waals surface area contributed by atoms with Gasteiger partial charge in [0.25, 0.3) is 5.56 Å². The van der Waals surface area contributed by atoms with Crippen LogP contribution in [0.3, 0.4) is 0 Å². The van der Waals surface area contributed by atoms with Crippen LogP contribution in [0.2, 0.25) is 5.15 Å². The lowest BCUT2D eigenvalue weighted by molar-refractivity contribution is -0.123. The largest absolute Gasteiger partial charge is 0.343 e. The molecule has 5 nitrogen and oxygen atoms in total. The van der Waals surface area contributed by atoms with Crippen LogP contribution in [-0.4, -0.2) is 22.0 Å². The van der Waals surface area contributed by atoms with Crippen molar-refractivity contribution in [1.82, 2.24) is 14.9 Å². The number of aryl methyl sites for hydroxylation is 1. The summed E-state index contributed by atoms with van der Waals surface area (Å²) in [5.74, 6) is 2.33. The van der Waals surface area contributed by atoms with Crippen molar-refractivity contribution in [2.75, 3.05) is 6.54 Å². The van der Waals surface area contributed by atoms with Crippen molar-refractivity contribution < 1.29 is 4.79 Å². The quantitative estimate of drug-likeness (QED) is 0.631. The molecule has 1 heterocycles. The Morgan fingerprint density at radius 3 is 2.94 bits per heavy atom. The fourth-order valence-corrected chi connectivity index (χ4v) is 1.66. The number of carbonyl (C=O) groups excluding carboxylic acids is 1. The molecule has 1 aromatic rings. The summed E-state index contributed by atoms with van der Waals surface area (Å²) < 4.78 is 1.26. The molecule has 1 amide bonds. The van der Waals surface area contributed by atoms with Crippen molar-refractivity contribution in [3.05, 3.63) is 27.4 Å². The predicted molar refractivity (Wildman–Crippen MR) is 64.8 cm³/mol. The average molecular weight is 254 g/mol. The lowest BCUT2D eigenvalue weighted by atomic mass is 10.3. The minimum atomic E-state index is -0.680. The van der Waals surface area contributed by atoms with E-state index in [9.17, 15) is 9.59 Å². The molecule has 6 heteroatoms. The van der Waals surface area contributed by atoms with Gasteiger partial charge in [0.1, 0.15) is 17.0 Å². The highest BCUT2D eigenvalue weighted by Gasteiger charge is 2.18. The standard InChI is InChI=1S/C11H12ClN3O2/c1-4-5-13-11(17)7(2)15-8(3)14-9(12)6-10(15)16/h1,6-7H,5H2,2-3H3,(H,13,17). The van der Waals surface area contributed by atoms with E-state index in [1.165, 1.54) is 10.6 Å². The summed E-state index contributed by atoms with van der Waals surface area (Å²) in [5.41, 5.74) is -0.370. The van der Waals surface area contributed by atoms with Crippen LogP contribution in [0.5, 0.6) is 0 Å².